The standard InChI is InChI=1S/C13H9F2IO/c14-10-6-7-11(12(15)13(10)16)17-8-9-4-2-1-3-5-9/h1-7H,8H2. The molecule has 2 rings (SSSR count). The minimum absolute atomic E-state index is 0.0480. The van der Waals surface area contributed by atoms with Crippen LogP contribution in [0.2, 0.25) is 0 Å². The van der Waals surface area contributed by atoms with Crippen LogP contribution in [0.15, 0.2) is 42.5 Å². The summed E-state index contributed by atoms with van der Waals surface area (Å²) in [5.41, 5.74) is 0.936. The smallest absolute Gasteiger partial charge is 0.181 e. The highest BCUT2D eigenvalue weighted by molar-refractivity contribution is 14.1. The van der Waals surface area contributed by atoms with E-state index in [0.717, 1.165) is 5.56 Å². The van der Waals surface area contributed by atoms with Crippen molar-refractivity contribution in [1.29, 1.82) is 0 Å². The maximum Gasteiger partial charge on any atom is 0.181 e. The summed E-state index contributed by atoms with van der Waals surface area (Å²) in [5, 5.41) is 0. The number of benzene rings is 2. The molecular weight excluding hydrogens is 337 g/mol. The van der Waals surface area contributed by atoms with E-state index in [1.165, 1.54) is 12.1 Å². The number of rotatable bonds is 3. The Morgan fingerprint density at radius 2 is 1.71 bits per heavy atom. The van der Waals surface area contributed by atoms with Crippen LogP contribution < -0.4 is 4.74 Å². The summed E-state index contributed by atoms with van der Waals surface area (Å²) in [6.45, 7) is 0.263. The Bertz CT molecular complexity index is 514. The quantitative estimate of drug-likeness (QED) is 0.599. The Labute approximate surface area is 112 Å². The van der Waals surface area contributed by atoms with E-state index in [1.807, 2.05) is 30.3 Å². The van der Waals surface area contributed by atoms with Gasteiger partial charge in [0.1, 0.15) is 12.4 Å². The monoisotopic (exact) mass is 346 g/mol. The number of hydrogen-bond acceptors (Lipinski definition) is 1. The molecule has 0 aliphatic rings. The Morgan fingerprint density at radius 3 is 2.41 bits per heavy atom. The van der Waals surface area contributed by atoms with Crippen LogP contribution in [0.3, 0.4) is 0 Å². The summed E-state index contributed by atoms with van der Waals surface area (Å²) in [4.78, 5) is 0. The van der Waals surface area contributed by atoms with Crippen molar-refractivity contribution in [2.45, 2.75) is 6.61 Å². The fraction of sp³-hybridized carbons (Fsp3) is 0.0769. The van der Waals surface area contributed by atoms with E-state index in [1.54, 1.807) is 22.6 Å². The maximum absolute atomic E-state index is 13.6. The van der Waals surface area contributed by atoms with E-state index in [2.05, 4.69) is 0 Å². The highest BCUT2D eigenvalue weighted by Gasteiger charge is 2.11. The highest BCUT2D eigenvalue weighted by Crippen LogP contribution is 2.25. The van der Waals surface area contributed by atoms with E-state index >= 15 is 0 Å². The average Bonchev–Trinajstić information content (AvgIpc) is 2.36. The summed E-state index contributed by atoms with van der Waals surface area (Å²) < 4.78 is 31.9. The van der Waals surface area contributed by atoms with Gasteiger partial charge in [0.15, 0.2) is 11.6 Å². The van der Waals surface area contributed by atoms with Crippen LogP contribution in [-0.2, 0) is 6.61 Å². The summed E-state index contributed by atoms with van der Waals surface area (Å²) in [5.74, 6) is -1.16. The van der Waals surface area contributed by atoms with Gasteiger partial charge in [-0.3, -0.25) is 0 Å². The summed E-state index contributed by atoms with van der Waals surface area (Å²) in [6, 6.07) is 11.9. The van der Waals surface area contributed by atoms with Crippen LogP contribution >= 0.6 is 22.6 Å². The topological polar surface area (TPSA) is 9.23 Å². The summed E-state index contributed by atoms with van der Waals surface area (Å²) in [7, 11) is 0. The normalized spacial score (nSPS) is 10.3. The Kier molecular flexibility index (Phi) is 3.93. The average molecular weight is 346 g/mol. The molecule has 0 aliphatic carbocycles. The van der Waals surface area contributed by atoms with Crippen LogP contribution in [0.1, 0.15) is 5.56 Å². The van der Waals surface area contributed by atoms with Crippen LogP contribution in [0.25, 0.3) is 0 Å². The lowest BCUT2D eigenvalue weighted by atomic mass is 10.2. The first-order chi connectivity index (χ1) is 8.18. The molecule has 0 saturated carbocycles. The molecule has 4 heteroatoms. The van der Waals surface area contributed by atoms with Gasteiger partial charge in [0.2, 0.25) is 0 Å². The first kappa shape index (κ1) is 12.3. The predicted octanol–water partition coefficient (Wildman–Crippen LogP) is 4.15. The fourth-order valence-electron chi connectivity index (χ4n) is 1.35. The van der Waals surface area contributed by atoms with Crippen LogP contribution in [0.5, 0.6) is 5.75 Å². The van der Waals surface area contributed by atoms with E-state index in [4.69, 9.17) is 4.74 Å². The molecule has 0 unspecified atom stereocenters. The molecule has 0 atom stereocenters. The molecule has 0 fully saturated rings. The van der Waals surface area contributed by atoms with Gasteiger partial charge in [0.25, 0.3) is 0 Å². The molecule has 0 amide bonds. The van der Waals surface area contributed by atoms with Gasteiger partial charge in [-0.25, -0.2) is 8.78 Å². The number of halogens is 3. The Balaban J connectivity index is 2.13. The van der Waals surface area contributed by atoms with Gasteiger partial charge in [-0.2, -0.15) is 0 Å². The Morgan fingerprint density at radius 1 is 1.00 bits per heavy atom. The first-order valence-corrected chi connectivity index (χ1v) is 6.06. The lowest BCUT2D eigenvalue weighted by molar-refractivity contribution is 0.288. The van der Waals surface area contributed by atoms with E-state index in [-0.39, 0.29) is 15.9 Å². The third-order valence-electron chi connectivity index (χ3n) is 2.24. The van der Waals surface area contributed by atoms with Crippen molar-refractivity contribution in [3.63, 3.8) is 0 Å². The molecule has 0 aliphatic heterocycles. The van der Waals surface area contributed by atoms with Gasteiger partial charge in [-0.05, 0) is 40.3 Å². The zero-order valence-corrected chi connectivity index (χ0v) is 10.9. The van der Waals surface area contributed by atoms with Crippen molar-refractivity contribution in [1.82, 2.24) is 0 Å². The second kappa shape index (κ2) is 5.44. The van der Waals surface area contributed by atoms with Gasteiger partial charge in [-0.1, -0.05) is 30.3 Å². The van der Waals surface area contributed by atoms with E-state index in [9.17, 15) is 8.78 Å². The van der Waals surface area contributed by atoms with Crippen molar-refractivity contribution >= 4 is 22.6 Å². The molecular formula is C13H9F2IO. The zero-order valence-electron chi connectivity index (χ0n) is 8.79. The fourth-order valence-corrected chi connectivity index (χ4v) is 1.80. The highest BCUT2D eigenvalue weighted by atomic mass is 127. The first-order valence-electron chi connectivity index (χ1n) is 4.98. The van der Waals surface area contributed by atoms with Crippen molar-refractivity contribution < 1.29 is 13.5 Å². The molecule has 2 aromatic rings. The van der Waals surface area contributed by atoms with Crippen molar-refractivity contribution in [2.24, 2.45) is 0 Å². The maximum atomic E-state index is 13.6. The van der Waals surface area contributed by atoms with E-state index in [0.29, 0.717) is 0 Å². The van der Waals surface area contributed by atoms with Gasteiger partial charge in [-0.15, -0.1) is 0 Å². The third kappa shape index (κ3) is 2.94. The second-order valence-electron chi connectivity index (χ2n) is 3.45. The molecule has 1 nitrogen and oxygen atoms in total. The number of ether oxygens (including phenoxy) is 1. The molecule has 0 N–H and O–H groups in total. The molecule has 0 spiro atoms. The van der Waals surface area contributed by atoms with Crippen LogP contribution in [-0.4, -0.2) is 0 Å². The minimum Gasteiger partial charge on any atom is -0.486 e. The van der Waals surface area contributed by atoms with Gasteiger partial charge < -0.3 is 4.74 Å². The van der Waals surface area contributed by atoms with E-state index < -0.39 is 11.6 Å². The summed E-state index contributed by atoms with van der Waals surface area (Å²) >= 11 is 1.62. The molecule has 0 bridgehead atoms. The lowest BCUT2D eigenvalue weighted by Crippen LogP contribution is -1.99. The molecule has 88 valence electrons. The largest absolute Gasteiger partial charge is 0.486 e. The second-order valence-corrected chi connectivity index (χ2v) is 4.53. The molecule has 17 heavy (non-hydrogen) atoms. The third-order valence-corrected chi connectivity index (χ3v) is 3.23. The van der Waals surface area contributed by atoms with Crippen molar-refractivity contribution in [3.05, 3.63) is 63.2 Å². The van der Waals surface area contributed by atoms with Gasteiger partial charge >= 0.3 is 0 Å². The van der Waals surface area contributed by atoms with Crippen LogP contribution in [0.4, 0.5) is 8.78 Å². The number of hydrogen-bond donors (Lipinski definition) is 0. The molecule has 0 saturated heterocycles. The van der Waals surface area contributed by atoms with Crippen molar-refractivity contribution in [2.75, 3.05) is 0 Å². The Hall–Kier alpha value is -1.17. The molecule has 0 heterocycles. The minimum atomic E-state index is -0.651. The lowest BCUT2D eigenvalue weighted by Gasteiger charge is -2.08. The predicted molar refractivity (Wildman–Crippen MR) is 69.8 cm³/mol. The SMILES string of the molecule is Fc1ccc(OCc2ccccc2)c(F)c1I. The van der Waals surface area contributed by atoms with Crippen LogP contribution in [0, 0.1) is 15.2 Å². The molecule has 0 aromatic heterocycles. The van der Waals surface area contributed by atoms with Gasteiger partial charge in [0.05, 0.1) is 3.57 Å². The summed E-state index contributed by atoms with van der Waals surface area (Å²) in [6.07, 6.45) is 0. The molecule has 0 radical (unpaired) electrons. The molecule has 2 aromatic carbocycles. The van der Waals surface area contributed by atoms with Crippen molar-refractivity contribution in [3.8, 4) is 5.75 Å². The van der Waals surface area contributed by atoms with Gasteiger partial charge in [0, 0.05) is 0 Å². The zero-order chi connectivity index (χ0) is 12.3.